The maximum absolute atomic E-state index is 12.0. The first-order valence-corrected chi connectivity index (χ1v) is 6.76. The van der Waals surface area contributed by atoms with Gasteiger partial charge in [-0.15, -0.1) is 0 Å². The minimum absolute atomic E-state index is 0.178. The number of benzene rings is 1. The van der Waals surface area contributed by atoms with Gasteiger partial charge in [0, 0.05) is 0 Å². The first kappa shape index (κ1) is 15.5. The van der Waals surface area contributed by atoms with E-state index < -0.39 is 29.0 Å². The average molecular weight is 293 g/mol. The number of nitrogens with one attached hydrogen (secondary N) is 1. The van der Waals surface area contributed by atoms with Gasteiger partial charge in [-0.05, 0) is 31.0 Å². The van der Waals surface area contributed by atoms with Crippen LogP contribution < -0.4 is 4.72 Å². The van der Waals surface area contributed by atoms with E-state index in [1.165, 1.54) is 19.9 Å². The number of alkyl halides is 2. The summed E-state index contributed by atoms with van der Waals surface area (Å²) in [4.78, 5) is 10.6. The Morgan fingerprint density at radius 3 is 2.37 bits per heavy atom. The molecule has 0 aliphatic heterocycles. The van der Waals surface area contributed by atoms with Crippen molar-refractivity contribution in [1.29, 1.82) is 0 Å². The standard InChI is InChI=1S/C11H13F2NO4S/c1-6-3-7(2)9(4-8(6)11(15)16)19(17,18)14-5-10(12)13/h3-4,10,14H,5H2,1-2H3,(H,15,16). The highest BCUT2D eigenvalue weighted by Gasteiger charge is 2.21. The van der Waals surface area contributed by atoms with E-state index in [4.69, 9.17) is 5.11 Å². The molecule has 5 nitrogen and oxygen atoms in total. The van der Waals surface area contributed by atoms with Crippen molar-refractivity contribution >= 4 is 16.0 Å². The molecular formula is C11H13F2NO4S. The minimum Gasteiger partial charge on any atom is -0.478 e. The molecule has 1 aromatic rings. The van der Waals surface area contributed by atoms with Crippen LogP contribution in [0.15, 0.2) is 17.0 Å². The highest BCUT2D eigenvalue weighted by Crippen LogP contribution is 2.20. The van der Waals surface area contributed by atoms with Gasteiger partial charge in [0.05, 0.1) is 17.0 Å². The molecule has 0 aliphatic rings. The summed E-state index contributed by atoms with van der Waals surface area (Å²) < 4.78 is 49.4. The van der Waals surface area contributed by atoms with Crippen molar-refractivity contribution in [3.8, 4) is 0 Å². The largest absolute Gasteiger partial charge is 0.478 e. The molecule has 2 N–H and O–H groups in total. The molecule has 0 fully saturated rings. The van der Waals surface area contributed by atoms with Crippen LogP contribution in [0.5, 0.6) is 0 Å². The van der Waals surface area contributed by atoms with Crippen molar-refractivity contribution in [3.05, 3.63) is 28.8 Å². The normalized spacial score (nSPS) is 11.8. The van der Waals surface area contributed by atoms with E-state index in [1.807, 2.05) is 0 Å². The van der Waals surface area contributed by atoms with Crippen molar-refractivity contribution in [1.82, 2.24) is 4.72 Å². The molecule has 1 rings (SSSR count). The van der Waals surface area contributed by atoms with Crippen LogP contribution in [0.2, 0.25) is 0 Å². The molecule has 0 bridgehead atoms. The summed E-state index contributed by atoms with van der Waals surface area (Å²) in [5, 5.41) is 8.93. The number of halogens is 2. The van der Waals surface area contributed by atoms with Crippen LogP contribution in [0.1, 0.15) is 21.5 Å². The van der Waals surface area contributed by atoms with Gasteiger partial charge in [0.1, 0.15) is 0 Å². The zero-order valence-electron chi connectivity index (χ0n) is 10.3. The second-order valence-electron chi connectivity index (χ2n) is 3.98. The van der Waals surface area contributed by atoms with Crippen LogP contribution in [0.25, 0.3) is 0 Å². The Balaban J connectivity index is 3.27. The summed E-state index contributed by atoms with van der Waals surface area (Å²) in [6.07, 6.45) is -2.82. The molecule has 106 valence electrons. The smallest absolute Gasteiger partial charge is 0.335 e. The molecule has 0 heterocycles. The predicted molar refractivity (Wildman–Crippen MR) is 64.1 cm³/mol. The van der Waals surface area contributed by atoms with Gasteiger partial charge in [-0.1, -0.05) is 6.07 Å². The Bertz CT molecular complexity index is 599. The first-order chi connectivity index (χ1) is 8.65. The zero-order valence-corrected chi connectivity index (χ0v) is 11.1. The van der Waals surface area contributed by atoms with Crippen LogP contribution in [-0.4, -0.2) is 32.5 Å². The van der Waals surface area contributed by atoms with Crippen molar-refractivity contribution in [3.63, 3.8) is 0 Å². The van der Waals surface area contributed by atoms with Crippen LogP contribution >= 0.6 is 0 Å². The second kappa shape index (κ2) is 5.62. The van der Waals surface area contributed by atoms with Gasteiger partial charge in [-0.3, -0.25) is 0 Å². The van der Waals surface area contributed by atoms with Crippen molar-refractivity contribution in [2.75, 3.05) is 6.54 Å². The zero-order chi connectivity index (χ0) is 14.8. The maximum atomic E-state index is 12.0. The summed E-state index contributed by atoms with van der Waals surface area (Å²) in [7, 11) is -4.15. The summed E-state index contributed by atoms with van der Waals surface area (Å²) in [5.41, 5.74) is 0.519. The number of carboxylic acid groups (broad SMARTS) is 1. The molecule has 0 saturated carbocycles. The molecule has 0 atom stereocenters. The van der Waals surface area contributed by atoms with E-state index in [0.29, 0.717) is 11.1 Å². The fraction of sp³-hybridized carbons (Fsp3) is 0.364. The van der Waals surface area contributed by atoms with Crippen LogP contribution in [-0.2, 0) is 10.0 Å². The van der Waals surface area contributed by atoms with Crippen molar-refractivity contribution in [2.45, 2.75) is 25.2 Å². The third-order valence-corrected chi connectivity index (χ3v) is 4.04. The molecule has 1 aromatic carbocycles. The van der Waals surface area contributed by atoms with E-state index in [9.17, 15) is 22.0 Å². The van der Waals surface area contributed by atoms with E-state index in [-0.39, 0.29) is 10.5 Å². The van der Waals surface area contributed by atoms with Crippen LogP contribution in [0.4, 0.5) is 8.78 Å². The Morgan fingerprint density at radius 2 is 1.89 bits per heavy atom. The number of aryl methyl sites for hydroxylation is 2. The molecule has 8 heteroatoms. The van der Waals surface area contributed by atoms with E-state index >= 15 is 0 Å². The third-order valence-electron chi connectivity index (χ3n) is 2.47. The summed E-state index contributed by atoms with van der Waals surface area (Å²) in [5.74, 6) is -1.28. The average Bonchev–Trinajstić information content (AvgIpc) is 2.25. The topological polar surface area (TPSA) is 83.5 Å². The fourth-order valence-electron chi connectivity index (χ4n) is 1.60. The van der Waals surface area contributed by atoms with Gasteiger partial charge in [0.2, 0.25) is 10.0 Å². The van der Waals surface area contributed by atoms with E-state index in [2.05, 4.69) is 0 Å². The maximum Gasteiger partial charge on any atom is 0.335 e. The van der Waals surface area contributed by atoms with E-state index in [1.54, 1.807) is 4.72 Å². The quantitative estimate of drug-likeness (QED) is 0.862. The molecule has 0 radical (unpaired) electrons. The first-order valence-electron chi connectivity index (χ1n) is 5.27. The van der Waals surface area contributed by atoms with E-state index in [0.717, 1.165) is 6.07 Å². The number of carbonyl (C=O) groups is 1. The number of aromatic carboxylic acids is 1. The fourth-order valence-corrected chi connectivity index (χ4v) is 2.86. The van der Waals surface area contributed by atoms with Crippen molar-refractivity contribution < 1.29 is 27.1 Å². The summed E-state index contributed by atoms with van der Waals surface area (Å²) in [6, 6.07) is 2.36. The lowest BCUT2D eigenvalue weighted by Gasteiger charge is -2.11. The highest BCUT2D eigenvalue weighted by atomic mass is 32.2. The lowest BCUT2D eigenvalue weighted by atomic mass is 10.1. The molecule has 0 amide bonds. The third kappa shape index (κ3) is 3.71. The van der Waals surface area contributed by atoms with Gasteiger partial charge >= 0.3 is 5.97 Å². The molecule has 0 aromatic heterocycles. The number of hydrogen-bond donors (Lipinski definition) is 2. The lowest BCUT2D eigenvalue weighted by Crippen LogP contribution is -2.29. The molecule has 0 aliphatic carbocycles. The summed E-state index contributed by atoms with van der Waals surface area (Å²) >= 11 is 0. The Labute approximate surface area is 109 Å². The van der Waals surface area contributed by atoms with Gasteiger partial charge in [0.25, 0.3) is 6.43 Å². The van der Waals surface area contributed by atoms with Gasteiger partial charge in [0.15, 0.2) is 0 Å². The minimum atomic E-state index is -4.15. The van der Waals surface area contributed by atoms with Gasteiger partial charge in [-0.2, -0.15) is 0 Å². The number of rotatable bonds is 5. The molecule has 0 unspecified atom stereocenters. The predicted octanol–water partition coefficient (Wildman–Crippen LogP) is 1.55. The van der Waals surface area contributed by atoms with Gasteiger partial charge < -0.3 is 5.11 Å². The molecule has 0 saturated heterocycles. The molecular weight excluding hydrogens is 280 g/mol. The van der Waals surface area contributed by atoms with Gasteiger partial charge in [-0.25, -0.2) is 26.7 Å². The molecule has 0 spiro atoms. The van der Waals surface area contributed by atoms with Crippen molar-refractivity contribution in [2.24, 2.45) is 0 Å². The molecule has 19 heavy (non-hydrogen) atoms. The highest BCUT2D eigenvalue weighted by molar-refractivity contribution is 7.89. The van der Waals surface area contributed by atoms with Crippen LogP contribution in [0.3, 0.4) is 0 Å². The lowest BCUT2D eigenvalue weighted by molar-refractivity contribution is 0.0695. The number of hydrogen-bond acceptors (Lipinski definition) is 3. The monoisotopic (exact) mass is 293 g/mol. The SMILES string of the molecule is Cc1cc(C)c(S(=O)(=O)NCC(F)F)cc1C(=O)O. The Hall–Kier alpha value is -1.54. The van der Waals surface area contributed by atoms with Crippen LogP contribution in [0, 0.1) is 13.8 Å². The Morgan fingerprint density at radius 1 is 1.32 bits per heavy atom. The Kier molecular flexibility index (Phi) is 4.59. The second-order valence-corrected chi connectivity index (χ2v) is 5.72. The number of sulfonamides is 1. The summed E-state index contributed by atoms with van der Waals surface area (Å²) in [6.45, 7) is 1.98. The number of carboxylic acids is 1.